The minimum atomic E-state index is -5.28. The molecule has 128 valence electrons. The Balaban J connectivity index is 4.49. The summed E-state index contributed by atoms with van der Waals surface area (Å²) in [5.41, 5.74) is 0. The van der Waals surface area contributed by atoms with E-state index in [1.807, 2.05) is 0 Å². The fourth-order valence-electron chi connectivity index (χ4n) is 1.15. The van der Waals surface area contributed by atoms with E-state index in [1.165, 1.54) is 0 Å². The Kier molecular flexibility index (Phi) is 7.69. The minimum Gasteiger partial charge on any atom is -0.302 e. The van der Waals surface area contributed by atoms with Crippen molar-refractivity contribution in [2.24, 2.45) is 0 Å². The van der Waals surface area contributed by atoms with E-state index < -0.39 is 58.1 Å². The maximum Gasteiger partial charge on any atom is 0.472 e. The Morgan fingerprint density at radius 3 is 1.48 bits per heavy atom. The molecule has 0 saturated carbocycles. The van der Waals surface area contributed by atoms with Gasteiger partial charge in [-0.2, -0.15) is 0 Å². The molecular formula is C10H17F6O4P. The zero-order valence-corrected chi connectivity index (χ0v) is 12.3. The molecule has 0 aliphatic carbocycles. The zero-order valence-electron chi connectivity index (χ0n) is 11.4. The third-order valence-corrected chi connectivity index (χ3v) is 3.38. The molecule has 11 heteroatoms. The smallest absolute Gasteiger partial charge is 0.302 e. The first-order chi connectivity index (χ1) is 9.38. The zero-order chi connectivity index (χ0) is 16.9. The molecule has 0 amide bonds. The Hall–Kier alpha value is -0.310. The van der Waals surface area contributed by atoms with Crippen LogP contribution in [0.1, 0.15) is 26.7 Å². The average Bonchev–Trinajstić information content (AvgIpc) is 2.41. The van der Waals surface area contributed by atoms with Crippen LogP contribution in [0.25, 0.3) is 0 Å². The van der Waals surface area contributed by atoms with Gasteiger partial charge in [0.05, 0.1) is 0 Å². The molecule has 0 saturated heterocycles. The summed E-state index contributed by atoms with van der Waals surface area (Å²) in [6.07, 6.45) is -6.42. The van der Waals surface area contributed by atoms with E-state index in [2.05, 4.69) is 9.05 Å². The highest BCUT2D eigenvalue weighted by atomic mass is 31.2. The van der Waals surface area contributed by atoms with Crippen LogP contribution in [0.5, 0.6) is 0 Å². The second-order valence-electron chi connectivity index (χ2n) is 4.29. The van der Waals surface area contributed by atoms with Gasteiger partial charge < -0.3 is 4.89 Å². The highest BCUT2D eigenvalue weighted by molar-refractivity contribution is 7.47. The first-order valence-electron chi connectivity index (χ1n) is 6.03. The lowest BCUT2D eigenvalue weighted by Gasteiger charge is -2.23. The van der Waals surface area contributed by atoms with Crippen molar-refractivity contribution >= 4 is 7.82 Å². The van der Waals surface area contributed by atoms with E-state index in [-0.39, 0.29) is 0 Å². The molecule has 4 nitrogen and oxygen atoms in total. The average molecular weight is 346 g/mol. The van der Waals surface area contributed by atoms with Crippen molar-refractivity contribution in [3.63, 3.8) is 0 Å². The third-order valence-electron chi connectivity index (χ3n) is 2.47. The van der Waals surface area contributed by atoms with Crippen LogP contribution < -0.4 is 0 Å². The Morgan fingerprint density at radius 2 is 1.24 bits per heavy atom. The maximum absolute atomic E-state index is 13.0. The van der Waals surface area contributed by atoms with E-state index in [0.717, 1.165) is 13.8 Å². The normalized spacial score (nSPS) is 19.1. The van der Waals surface area contributed by atoms with E-state index in [0.29, 0.717) is 0 Å². The van der Waals surface area contributed by atoms with Gasteiger partial charge in [0, 0.05) is 0 Å². The molecular weight excluding hydrogens is 329 g/mol. The molecule has 0 aromatic rings. The minimum absolute atomic E-state index is 0.578. The van der Waals surface area contributed by atoms with Gasteiger partial charge in [0.25, 0.3) is 0 Å². The molecule has 0 fully saturated rings. The highest BCUT2D eigenvalue weighted by Gasteiger charge is 2.44. The second-order valence-corrected chi connectivity index (χ2v) is 5.74. The van der Waals surface area contributed by atoms with E-state index in [1.54, 1.807) is 0 Å². The van der Waals surface area contributed by atoms with Crippen molar-refractivity contribution in [2.45, 2.75) is 50.9 Å². The number of phosphoric ester groups is 1. The van der Waals surface area contributed by atoms with Crippen LogP contribution in [-0.2, 0) is 13.6 Å². The number of hydrogen-bond donors (Lipinski definition) is 1. The lowest BCUT2D eigenvalue weighted by atomic mass is 10.2. The molecule has 0 aliphatic rings. The molecule has 2 atom stereocenters. The Morgan fingerprint density at radius 1 is 0.952 bits per heavy atom. The van der Waals surface area contributed by atoms with Crippen molar-refractivity contribution in [1.82, 2.24) is 0 Å². The van der Waals surface area contributed by atoms with Gasteiger partial charge in [0.15, 0.2) is 12.3 Å². The van der Waals surface area contributed by atoms with Crippen molar-refractivity contribution in [1.29, 1.82) is 0 Å². The van der Waals surface area contributed by atoms with Gasteiger partial charge in [-0.25, -0.2) is 30.9 Å². The summed E-state index contributed by atoms with van der Waals surface area (Å²) in [6.45, 7) is -1.43. The standard InChI is InChI=1S/C10H17F6O4P/c1-3-7(11)9(13,14)5-19-21(17,18)20-6-10(15,16)8(12)4-2/h7-8H,3-6H2,1-2H3,(H,17,18). The summed E-state index contributed by atoms with van der Waals surface area (Å²) in [5, 5.41) is 0. The number of rotatable bonds is 10. The lowest BCUT2D eigenvalue weighted by Crippen LogP contribution is -2.36. The molecule has 21 heavy (non-hydrogen) atoms. The fraction of sp³-hybridized carbons (Fsp3) is 1.00. The fourth-order valence-corrected chi connectivity index (χ4v) is 1.90. The van der Waals surface area contributed by atoms with Gasteiger partial charge in [0.2, 0.25) is 0 Å². The van der Waals surface area contributed by atoms with Gasteiger partial charge in [-0.3, -0.25) is 9.05 Å². The molecule has 0 bridgehead atoms. The lowest BCUT2D eigenvalue weighted by molar-refractivity contribution is -0.120. The van der Waals surface area contributed by atoms with Crippen LogP contribution in [-0.4, -0.2) is 42.3 Å². The second kappa shape index (κ2) is 7.80. The molecule has 2 unspecified atom stereocenters. The third kappa shape index (κ3) is 6.99. The van der Waals surface area contributed by atoms with Crippen LogP contribution in [0, 0.1) is 0 Å². The predicted molar refractivity (Wildman–Crippen MR) is 62.0 cm³/mol. The van der Waals surface area contributed by atoms with E-state index in [9.17, 15) is 30.9 Å². The van der Waals surface area contributed by atoms with Crippen molar-refractivity contribution in [3.8, 4) is 0 Å². The van der Waals surface area contributed by atoms with Crippen LogP contribution in [0.4, 0.5) is 26.3 Å². The van der Waals surface area contributed by atoms with Crippen LogP contribution in [0.15, 0.2) is 0 Å². The number of alkyl halides is 6. The number of hydrogen-bond acceptors (Lipinski definition) is 3. The Bertz CT molecular complexity index is 337. The van der Waals surface area contributed by atoms with Crippen molar-refractivity contribution < 1.29 is 44.8 Å². The highest BCUT2D eigenvalue weighted by Crippen LogP contribution is 2.46. The summed E-state index contributed by atoms with van der Waals surface area (Å²) in [4.78, 5) is 8.95. The van der Waals surface area contributed by atoms with Crippen LogP contribution in [0.2, 0.25) is 0 Å². The molecule has 1 N–H and O–H groups in total. The summed E-state index contributed by atoms with van der Waals surface area (Å²) in [6, 6.07) is 0. The largest absolute Gasteiger partial charge is 0.472 e. The van der Waals surface area contributed by atoms with Gasteiger partial charge in [-0.05, 0) is 12.8 Å². The maximum atomic E-state index is 13.0. The monoisotopic (exact) mass is 346 g/mol. The summed E-state index contributed by atoms with van der Waals surface area (Å²) in [5.74, 6) is -8.16. The molecule has 0 aromatic carbocycles. The van der Waals surface area contributed by atoms with Gasteiger partial charge >= 0.3 is 19.7 Å². The molecule has 0 spiro atoms. The molecule has 0 heterocycles. The Labute approximate surface area is 118 Å². The van der Waals surface area contributed by atoms with Gasteiger partial charge in [0.1, 0.15) is 13.2 Å². The molecule has 0 aromatic heterocycles. The van der Waals surface area contributed by atoms with Gasteiger partial charge in [-0.15, -0.1) is 0 Å². The quantitative estimate of drug-likeness (QED) is 0.482. The van der Waals surface area contributed by atoms with Crippen molar-refractivity contribution in [2.75, 3.05) is 13.2 Å². The number of phosphoric acid groups is 1. The molecule has 0 rings (SSSR count). The molecule has 0 aliphatic heterocycles. The predicted octanol–water partition coefficient (Wildman–Crippen LogP) is 3.89. The van der Waals surface area contributed by atoms with Crippen LogP contribution in [0.3, 0.4) is 0 Å². The summed E-state index contributed by atoms with van der Waals surface area (Å²) < 4.78 is 96.3. The van der Waals surface area contributed by atoms with Gasteiger partial charge in [-0.1, -0.05) is 13.8 Å². The number of halogens is 6. The summed E-state index contributed by atoms with van der Waals surface area (Å²) in [7, 11) is -5.28. The summed E-state index contributed by atoms with van der Waals surface area (Å²) >= 11 is 0. The van der Waals surface area contributed by atoms with Crippen LogP contribution >= 0.6 is 7.82 Å². The molecule has 0 radical (unpaired) electrons. The van der Waals surface area contributed by atoms with E-state index >= 15 is 0 Å². The SMILES string of the molecule is CCC(F)C(F)(F)COP(=O)(O)OCC(F)(F)C(F)CC. The topological polar surface area (TPSA) is 55.8 Å². The first kappa shape index (κ1) is 20.7. The van der Waals surface area contributed by atoms with Crippen molar-refractivity contribution in [3.05, 3.63) is 0 Å². The first-order valence-corrected chi connectivity index (χ1v) is 7.53. The van der Waals surface area contributed by atoms with E-state index in [4.69, 9.17) is 4.89 Å².